The highest BCUT2D eigenvalue weighted by Gasteiger charge is 2.17. The molecule has 0 unspecified atom stereocenters. The third kappa shape index (κ3) is 3.22. The second-order valence-electron chi connectivity index (χ2n) is 5.50. The Balaban J connectivity index is 2.07. The van der Waals surface area contributed by atoms with E-state index in [1.165, 1.54) is 32.1 Å². The van der Waals surface area contributed by atoms with Gasteiger partial charge >= 0.3 is 0 Å². The molecule has 0 radical (unpaired) electrons. The summed E-state index contributed by atoms with van der Waals surface area (Å²) in [4.78, 5) is 6.54. The van der Waals surface area contributed by atoms with Crippen molar-refractivity contribution in [2.75, 3.05) is 18.5 Å². The van der Waals surface area contributed by atoms with Gasteiger partial charge in [-0.05, 0) is 31.7 Å². The van der Waals surface area contributed by atoms with E-state index in [1.807, 2.05) is 6.92 Å². The molecule has 3 heteroatoms. The van der Waals surface area contributed by atoms with Crippen LogP contribution in [-0.2, 0) is 6.61 Å². The van der Waals surface area contributed by atoms with E-state index in [1.54, 1.807) is 6.20 Å². The SMILES string of the molecule is Cc1cc(N(C)CC2CCCCC2)c(CO)cn1. The predicted octanol–water partition coefficient (Wildman–Crippen LogP) is 2.90. The quantitative estimate of drug-likeness (QED) is 0.890. The van der Waals surface area contributed by atoms with Crippen LogP contribution in [0.4, 0.5) is 5.69 Å². The molecular formula is C15H24N2O. The second kappa shape index (κ2) is 6.19. The molecule has 0 bridgehead atoms. The third-order valence-electron chi connectivity index (χ3n) is 3.94. The van der Waals surface area contributed by atoms with Crippen molar-refractivity contribution in [3.8, 4) is 0 Å². The van der Waals surface area contributed by atoms with Gasteiger partial charge < -0.3 is 10.0 Å². The minimum atomic E-state index is 0.0671. The van der Waals surface area contributed by atoms with Crippen LogP contribution in [0.3, 0.4) is 0 Å². The summed E-state index contributed by atoms with van der Waals surface area (Å²) in [5, 5.41) is 9.40. The highest BCUT2D eigenvalue weighted by Crippen LogP contribution is 2.27. The van der Waals surface area contributed by atoms with Gasteiger partial charge in [0.15, 0.2) is 0 Å². The largest absolute Gasteiger partial charge is 0.392 e. The van der Waals surface area contributed by atoms with Crippen LogP contribution in [0.5, 0.6) is 0 Å². The summed E-state index contributed by atoms with van der Waals surface area (Å²) >= 11 is 0. The molecule has 0 saturated heterocycles. The lowest BCUT2D eigenvalue weighted by Crippen LogP contribution is -2.27. The number of aliphatic hydroxyl groups excluding tert-OH is 1. The van der Waals surface area contributed by atoms with E-state index < -0.39 is 0 Å². The minimum Gasteiger partial charge on any atom is -0.392 e. The molecule has 0 spiro atoms. The number of aliphatic hydroxyl groups is 1. The van der Waals surface area contributed by atoms with Crippen LogP contribution in [0.15, 0.2) is 12.3 Å². The molecule has 1 aromatic rings. The maximum absolute atomic E-state index is 9.40. The van der Waals surface area contributed by atoms with E-state index in [-0.39, 0.29) is 6.61 Å². The van der Waals surface area contributed by atoms with E-state index in [0.29, 0.717) is 0 Å². The van der Waals surface area contributed by atoms with Gasteiger partial charge in [0.05, 0.1) is 6.61 Å². The van der Waals surface area contributed by atoms with Crippen molar-refractivity contribution < 1.29 is 5.11 Å². The Hall–Kier alpha value is -1.09. The van der Waals surface area contributed by atoms with Crippen LogP contribution in [0.1, 0.15) is 43.4 Å². The molecule has 1 saturated carbocycles. The van der Waals surface area contributed by atoms with E-state index in [0.717, 1.165) is 29.4 Å². The summed E-state index contributed by atoms with van der Waals surface area (Å²) in [6.45, 7) is 3.16. The van der Waals surface area contributed by atoms with Gasteiger partial charge in [-0.1, -0.05) is 19.3 Å². The second-order valence-corrected chi connectivity index (χ2v) is 5.50. The molecule has 1 aliphatic rings. The van der Waals surface area contributed by atoms with Gasteiger partial charge in [0.2, 0.25) is 0 Å². The van der Waals surface area contributed by atoms with Gasteiger partial charge in [0.25, 0.3) is 0 Å². The number of pyridine rings is 1. The van der Waals surface area contributed by atoms with Crippen LogP contribution >= 0.6 is 0 Å². The Morgan fingerprint density at radius 3 is 2.72 bits per heavy atom. The first-order valence-corrected chi connectivity index (χ1v) is 6.98. The Bertz CT molecular complexity index is 386. The van der Waals surface area contributed by atoms with Crippen molar-refractivity contribution in [1.29, 1.82) is 0 Å². The number of rotatable bonds is 4. The molecule has 1 heterocycles. The van der Waals surface area contributed by atoms with Gasteiger partial charge in [0.1, 0.15) is 0 Å². The van der Waals surface area contributed by atoms with Gasteiger partial charge in [-0.3, -0.25) is 4.98 Å². The normalized spacial score (nSPS) is 16.8. The summed E-state index contributed by atoms with van der Waals surface area (Å²) in [6, 6.07) is 2.08. The van der Waals surface area contributed by atoms with Crippen molar-refractivity contribution in [2.45, 2.75) is 45.6 Å². The summed E-state index contributed by atoms with van der Waals surface area (Å²) in [6.07, 6.45) is 8.64. The highest BCUT2D eigenvalue weighted by molar-refractivity contribution is 5.52. The number of aromatic nitrogens is 1. The zero-order chi connectivity index (χ0) is 13.0. The number of aryl methyl sites for hydroxylation is 1. The molecule has 18 heavy (non-hydrogen) atoms. The number of hydrogen-bond acceptors (Lipinski definition) is 3. The van der Waals surface area contributed by atoms with Crippen molar-refractivity contribution in [2.24, 2.45) is 5.92 Å². The fourth-order valence-corrected chi connectivity index (χ4v) is 2.91. The number of anilines is 1. The molecule has 1 fully saturated rings. The standard InChI is InChI=1S/C15H24N2O/c1-12-8-15(14(11-18)9-16-12)17(2)10-13-6-4-3-5-7-13/h8-9,13,18H,3-7,10-11H2,1-2H3. The third-order valence-corrected chi connectivity index (χ3v) is 3.94. The molecule has 1 N–H and O–H groups in total. The van der Waals surface area contributed by atoms with E-state index >= 15 is 0 Å². The van der Waals surface area contributed by atoms with Crippen molar-refractivity contribution in [3.05, 3.63) is 23.5 Å². The lowest BCUT2D eigenvalue weighted by Gasteiger charge is -2.29. The molecule has 1 aliphatic carbocycles. The lowest BCUT2D eigenvalue weighted by molar-refractivity contribution is 0.281. The Labute approximate surface area is 110 Å². The minimum absolute atomic E-state index is 0.0671. The zero-order valence-corrected chi connectivity index (χ0v) is 11.5. The lowest BCUT2D eigenvalue weighted by atomic mass is 9.89. The first kappa shape index (κ1) is 13.3. The molecule has 0 amide bonds. The average molecular weight is 248 g/mol. The van der Waals surface area contributed by atoms with E-state index in [9.17, 15) is 5.11 Å². The fraction of sp³-hybridized carbons (Fsp3) is 0.667. The van der Waals surface area contributed by atoms with Gasteiger partial charge in [0, 0.05) is 36.7 Å². The topological polar surface area (TPSA) is 36.4 Å². The van der Waals surface area contributed by atoms with E-state index in [2.05, 4.69) is 23.0 Å². The Morgan fingerprint density at radius 2 is 2.06 bits per heavy atom. The molecule has 0 aromatic carbocycles. The molecule has 3 nitrogen and oxygen atoms in total. The zero-order valence-electron chi connectivity index (χ0n) is 11.5. The summed E-state index contributed by atoms with van der Waals surface area (Å²) in [7, 11) is 2.13. The first-order valence-electron chi connectivity index (χ1n) is 6.98. The first-order chi connectivity index (χ1) is 8.70. The van der Waals surface area contributed by atoms with Crippen LogP contribution in [0, 0.1) is 12.8 Å². The molecule has 1 aromatic heterocycles. The summed E-state index contributed by atoms with van der Waals surface area (Å²) in [5.74, 6) is 0.809. The maximum Gasteiger partial charge on any atom is 0.0717 e. The van der Waals surface area contributed by atoms with Crippen LogP contribution in [-0.4, -0.2) is 23.7 Å². The molecule has 100 valence electrons. The Kier molecular flexibility index (Phi) is 4.59. The summed E-state index contributed by atoms with van der Waals surface area (Å²) < 4.78 is 0. The smallest absolute Gasteiger partial charge is 0.0717 e. The summed E-state index contributed by atoms with van der Waals surface area (Å²) in [5.41, 5.74) is 3.08. The maximum atomic E-state index is 9.40. The van der Waals surface area contributed by atoms with Gasteiger partial charge in [-0.25, -0.2) is 0 Å². The van der Waals surface area contributed by atoms with Crippen molar-refractivity contribution in [3.63, 3.8) is 0 Å². The number of hydrogen-bond donors (Lipinski definition) is 1. The monoisotopic (exact) mass is 248 g/mol. The molecular weight excluding hydrogens is 224 g/mol. The molecule has 0 atom stereocenters. The highest BCUT2D eigenvalue weighted by atomic mass is 16.3. The van der Waals surface area contributed by atoms with E-state index in [4.69, 9.17) is 0 Å². The fourth-order valence-electron chi connectivity index (χ4n) is 2.91. The van der Waals surface area contributed by atoms with Crippen LogP contribution in [0.25, 0.3) is 0 Å². The average Bonchev–Trinajstić information content (AvgIpc) is 2.40. The molecule has 2 rings (SSSR count). The predicted molar refractivity (Wildman–Crippen MR) is 74.7 cm³/mol. The van der Waals surface area contributed by atoms with Gasteiger partial charge in [-0.15, -0.1) is 0 Å². The Morgan fingerprint density at radius 1 is 1.33 bits per heavy atom. The van der Waals surface area contributed by atoms with Crippen LogP contribution in [0.2, 0.25) is 0 Å². The van der Waals surface area contributed by atoms with Crippen LogP contribution < -0.4 is 4.90 Å². The number of nitrogens with zero attached hydrogens (tertiary/aromatic N) is 2. The molecule has 0 aliphatic heterocycles. The van der Waals surface area contributed by atoms with Crippen molar-refractivity contribution in [1.82, 2.24) is 4.98 Å². The van der Waals surface area contributed by atoms with Crippen molar-refractivity contribution >= 4 is 5.69 Å². The van der Waals surface area contributed by atoms with Gasteiger partial charge in [-0.2, -0.15) is 0 Å².